The molecule has 0 bridgehead atoms. The quantitative estimate of drug-likeness (QED) is 0.183. The number of aryl methyl sites for hydroxylation is 1. The van der Waals surface area contributed by atoms with Crippen LogP contribution in [0.4, 0.5) is 4.39 Å². The molecular weight excluding hydrogens is 553 g/mol. The maximum absolute atomic E-state index is 14.0. The molecule has 4 aromatic rings. The summed E-state index contributed by atoms with van der Waals surface area (Å²) in [5.41, 5.74) is 2.97. The van der Waals surface area contributed by atoms with E-state index in [4.69, 9.17) is 16.3 Å². The molecular formula is C30H25ClFN3O4S. The number of amides is 2. The molecule has 2 atom stereocenters. The molecule has 2 aromatic carbocycles. The van der Waals surface area contributed by atoms with Crippen LogP contribution in [0.2, 0.25) is 5.02 Å². The first-order valence-corrected chi connectivity index (χ1v) is 14.1. The van der Waals surface area contributed by atoms with Gasteiger partial charge in [0.2, 0.25) is 0 Å². The van der Waals surface area contributed by atoms with Crippen LogP contribution in [0, 0.1) is 11.7 Å². The van der Waals surface area contributed by atoms with Crippen LogP contribution in [0.3, 0.4) is 0 Å². The molecule has 2 aromatic heterocycles. The maximum Gasteiger partial charge on any atom is 0.261 e. The number of hydrogen-bond donors (Lipinski definition) is 0. The second kappa shape index (κ2) is 10.7. The molecule has 2 aliphatic rings. The van der Waals surface area contributed by atoms with Crippen molar-refractivity contribution >= 4 is 40.5 Å². The van der Waals surface area contributed by atoms with E-state index in [-0.39, 0.29) is 42.5 Å². The largest absolute Gasteiger partial charge is 0.376 e. The van der Waals surface area contributed by atoms with Crippen molar-refractivity contribution in [1.29, 1.82) is 0 Å². The molecule has 6 rings (SSSR count). The summed E-state index contributed by atoms with van der Waals surface area (Å²) >= 11 is 7.85. The molecule has 0 radical (unpaired) electrons. The lowest BCUT2D eigenvalue weighted by Gasteiger charge is -2.22. The summed E-state index contributed by atoms with van der Waals surface area (Å²) < 4.78 is 21.6. The third-order valence-electron chi connectivity index (χ3n) is 7.47. The van der Waals surface area contributed by atoms with Gasteiger partial charge < -0.3 is 4.74 Å². The van der Waals surface area contributed by atoms with Crippen LogP contribution in [0.15, 0.2) is 60.8 Å². The van der Waals surface area contributed by atoms with Crippen molar-refractivity contribution in [3.63, 3.8) is 0 Å². The number of carbonyl (C=O) groups excluding carboxylic acids is 3. The van der Waals surface area contributed by atoms with Crippen molar-refractivity contribution < 1.29 is 23.5 Å². The van der Waals surface area contributed by atoms with Gasteiger partial charge in [0.15, 0.2) is 5.78 Å². The van der Waals surface area contributed by atoms with Crippen LogP contribution < -0.4 is 0 Å². The summed E-state index contributed by atoms with van der Waals surface area (Å²) in [6, 6.07) is 14.7. The fraction of sp³-hybridized carbons (Fsp3) is 0.267. The van der Waals surface area contributed by atoms with E-state index in [1.165, 1.54) is 28.4 Å². The zero-order valence-corrected chi connectivity index (χ0v) is 23.2. The highest BCUT2D eigenvalue weighted by Gasteiger charge is 2.37. The minimum Gasteiger partial charge on any atom is -0.376 e. The Morgan fingerprint density at radius 1 is 1.12 bits per heavy atom. The monoisotopic (exact) mass is 577 g/mol. The van der Waals surface area contributed by atoms with Gasteiger partial charge in [-0.15, -0.1) is 11.3 Å². The van der Waals surface area contributed by atoms with Crippen molar-refractivity contribution in [1.82, 2.24) is 14.7 Å². The molecule has 0 N–H and O–H groups in total. The van der Waals surface area contributed by atoms with E-state index < -0.39 is 5.92 Å². The molecule has 40 heavy (non-hydrogen) atoms. The van der Waals surface area contributed by atoms with E-state index in [2.05, 4.69) is 5.10 Å². The first-order chi connectivity index (χ1) is 19.3. The standard InChI is InChI=1S/C30H25ClFN3O4S/c1-39-25-9-10-35-27(23(31)15-33-35)22-14-26(40-28(22)25)24(36)13-18(11-17-5-4-6-19(32)12-17)16-34-29(37)20-7-2-3-8-21(20)30(34)38/h2-8,12,14-15,18,25H,9-11,13,16H2,1H3/t18-,25?/m1/s1. The van der Waals surface area contributed by atoms with E-state index in [1.54, 1.807) is 49.7 Å². The van der Waals surface area contributed by atoms with Crippen LogP contribution in [0.5, 0.6) is 0 Å². The van der Waals surface area contributed by atoms with Gasteiger partial charge in [-0.1, -0.05) is 35.9 Å². The smallest absolute Gasteiger partial charge is 0.261 e. The van der Waals surface area contributed by atoms with Gasteiger partial charge in [0, 0.05) is 37.1 Å². The Morgan fingerprint density at radius 3 is 2.58 bits per heavy atom. The highest BCUT2D eigenvalue weighted by molar-refractivity contribution is 7.14. The van der Waals surface area contributed by atoms with E-state index in [9.17, 15) is 18.8 Å². The van der Waals surface area contributed by atoms with Gasteiger partial charge in [-0.3, -0.25) is 24.0 Å². The number of nitrogens with zero attached hydrogens (tertiary/aromatic N) is 3. The Hall–Kier alpha value is -3.66. The van der Waals surface area contributed by atoms with Gasteiger partial charge >= 0.3 is 0 Å². The highest BCUT2D eigenvalue weighted by Crippen LogP contribution is 2.44. The molecule has 0 fully saturated rings. The molecule has 10 heteroatoms. The summed E-state index contributed by atoms with van der Waals surface area (Å²) in [6.07, 6.45) is 2.46. The highest BCUT2D eigenvalue weighted by atomic mass is 35.5. The Morgan fingerprint density at radius 2 is 1.88 bits per heavy atom. The van der Waals surface area contributed by atoms with Crippen LogP contribution >= 0.6 is 22.9 Å². The number of thiophene rings is 1. The molecule has 0 spiro atoms. The van der Waals surface area contributed by atoms with Gasteiger partial charge in [-0.2, -0.15) is 5.10 Å². The maximum atomic E-state index is 14.0. The fourth-order valence-corrected chi connectivity index (χ4v) is 7.05. The molecule has 4 heterocycles. The summed E-state index contributed by atoms with van der Waals surface area (Å²) in [5, 5.41) is 4.88. The van der Waals surface area contributed by atoms with Crippen molar-refractivity contribution in [3.05, 3.63) is 98.1 Å². The van der Waals surface area contributed by atoms with Crippen LogP contribution in [-0.4, -0.2) is 45.9 Å². The van der Waals surface area contributed by atoms with Crippen molar-refractivity contribution in [2.24, 2.45) is 5.92 Å². The molecule has 2 aliphatic heterocycles. The number of hydrogen-bond acceptors (Lipinski definition) is 6. The second-order valence-corrected chi connectivity index (χ2v) is 11.6. The number of Topliss-reactive ketones (excluding diaryl/α,β-unsaturated/α-hetero) is 1. The summed E-state index contributed by atoms with van der Waals surface area (Å²) in [4.78, 5) is 42.6. The summed E-state index contributed by atoms with van der Waals surface area (Å²) in [7, 11) is 1.64. The number of rotatable bonds is 8. The number of benzene rings is 2. The average molecular weight is 578 g/mol. The number of carbonyl (C=O) groups is 3. The average Bonchev–Trinajstić information content (AvgIpc) is 3.57. The zero-order valence-electron chi connectivity index (χ0n) is 21.6. The van der Waals surface area contributed by atoms with Crippen molar-refractivity contribution in [3.8, 4) is 11.3 Å². The molecule has 0 aliphatic carbocycles. The van der Waals surface area contributed by atoms with E-state index in [0.29, 0.717) is 46.0 Å². The van der Waals surface area contributed by atoms with E-state index >= 15 is 0 Å². The number of aromatic nitrogens is 2. The topological polar surface area (TPSA) is 81.5 Å². The fourth-order valence-electron chi connectivity index (χ4n) is 5.59. The molecule has 7 nitrogen and oxygen atoms in total. The lowest BCUT2D eigenvalue weighted by molar-refractivity contribution is 0.0617. The number of imide groups is 1. The Balaban J connectivity index is 1.30. The molecule has 0 saturated heterocycles. The number of halogens is 2. The third-order valence-corrected chi connectivity index (χ3v) is 9.02. The van der Waals surface area contributed by atoms with Gasteiger partial charge in [-0.25, -0.2) is 4.39 Å². The predicted octanol–water partition coefficient (Wildman–Crippen LogP) is 6.22. The number of ether oxygens (including phenoxy) is 1. The number of fused-ring (bicyclic) bond motifs is 4. The lowest BCUT2D eigenvalue weighted by atomic mass is 9.93. The minimum absolute atomic E-state index is 0.0407. The SMILES string of the molecule is COC1CCn2ncc(Cl)c2-c2cc(C(=O)C[C@@H](Cc3cccc(F)c3)CN3C(=O)c4ccccc4C3=O)sc21. The normalized spacial score (nSPS) is 16.9. The Bertz CT molecular complexity index is 1610. The number of ketones is 1. The van der Waals surface area contributed by atoms with Gasteiger partial charge in [0.25, 0.3) is 11.8 Å². The lowest BCUT2D eigenvalue weighted by Crippen LogP contribution is -2.36. The van der Waals surface area contributed by atoms with Crippen molar-refractivity contribution in [2.75, 3.05) is 13.7 Å². The van der Waals surface area contributed by atoms with Gasteiger partial charge in [0.05, 0.1) is 39.0 Å². The Labute approximate surface area is 239 Å². The molecule has 1 unspecified atom stereocenters. The summed E-state index contributed by atoms with van der Waals surface area (Å²) in [6.45, 7) is 0.681. The van der Waals surface area contributed by atoms with Crippen LogP contribution in [0.1, 0.15) is 59.8 Å². The van der Waals surface area contributed by atoms with E-state index in [0.717, 1.165) is 16.1 Å². The summed E-state index contributed by atoms with van der Waals surface area (Å²) in [5.74, 6) is -1.71. The first kappa shape index (κ1) is 26.6. The molecule has 0 saturated carbocycles. The third kappa shape index (κ3) is 4.78. The van der Waals surface area contributed by atoms with Crippen LogP contribution in [-0.2, 0) is 17.7 Å². The number of methoxy groups -OCH3 is 1. The molecule has 2 amide bonds. The van der Waals surface area contributed by atoms with E-state index in [1.807, 2.05) is 10.7 Å². The van der Waals surface area contributed by atoms with Crippen LogP contribution in [0.25, 0.3) is 11.3 Å². The minimum atomic E-state index is -0.425. The molecule has 204 valence electrons. The van der Waals surface area contributed by atoms with Gasteiger partial charge in [0.1, 0.15) is 5.82 Å². The Kier molecular flexibility index (Phi) is 7.12. The second-order valence-electron chi connectivity index (χ2n) is 10.1. The van der Waals surface area contributed by atoms with Gasteiger partial charge in [-0.05, 0) is 54.7 Å². The van der Waals surface area contributed by atoms with Crippen molar-refractivity contribution in [2.45, 2.75) is 31.9 Å². The zero-order chi connectivity index (χ0) is 28.0. The first-order valence-electron chi connectivity index (χ1n) is 12.9. The predicted molar refractivity (Wildman–Crippen MR) is 149 cm³/mol.